The normalized spacial score (nSPS) is 10.7. The summed E-state index contributed by atoms with van der Waals surface area (Å²) in [6, 6.07) is 10.5. The Kier molecular flexibility index (Phi) is 2.37. The first kappa shape index (κ1) is 10.6. The Morgan fingerprint density at radius 3 is 2.67 bits per heavy atom. The van der Waals surface area contributed by atoms with Crippen molar-refractivity contribution in [3.8, 4) is 22.9 Å². The molecule has 0 saturated heterocycles. The molecule has 0 saturated carbocycles. The Hall–Kier alpha value is -2.56. The van der Waals surface area contributed by atoms with Crippen LogP contribution in [0.4, 0.5) is 0 Å². The third kappa shape index (κ3) is 1.66. The molecule has 2 aromatic heterocycles. The molecule has 0 bridgehead atoms. The number of aromatic nitrogens is 3. The fourth-order valence-electron chi connectivity index (χ4n) is 1.77. The number of rotatable bonds is 2. The minimum absolute atomic E-state index is 0.222. The van der Waals surface area contributed by atoms with Gasteiger partial charge in [0.15, 0.2) is 17.2 Å². The molecule has 90 valence electrons. The minimum atomic E-state index is 0.222. The fraction of sp³-hybridized carbons (Fsp3) is 0.0769. The maximum absolute atomic E-state index is 9.26. The van der Waals surface area contributed by atoms with Crippen molar-refractivity contribution in [1.82, 2.24) is 14.6 Å². The van der Waals surface area contributed by atoms with E-state index in [9.17, 15) is 5.11 Å². The first-order chi connectivity index (χ1) is 8.78. The van der Waals surface area contributed by atoms with Gasteiger partial charge in [-0.3, -0.25) is 0 Å². The van der Waals surface area contributed by atoms with E-state index in [0.29, 0.717) is 17.2 Å². The lowest BCUT2D eigenvalue weighted by Gasteiger charge is -1.98. The molecule has 0 atom stereocenters. The van der Waals surface area contributed by atoms with Gasteiger partial charge < -0.3 is 9.84 Å². The number of nitrogens with zero attached hydrogens (tertiary/aromatic N) is 3. The molecule has 2 heterocycles. The topological polar surface area (TPSA) is 59.7 Å². The standard InChI is InChI=1S/C13H11N3O2/c1-18-11-3-2-8-16-13(11)14-12(15-16)9-4-6-10(17)7-5-9/h2-8,17H,1H3. The molecular weight excluding hydrogens is 230 g/mol. The number of fused-ring (bicyclic) bond motifs is 1. The quantitative estimate of drug-likeness (QED) is 0.746. The second-order valence-corrected chi connectivity index (χ2v) is 3.83. The van der Waals surface area contributed by atoms with Gasteiger partial charge in [0.2, 0.25) is 0 Å². The molecule has 18 heavy (non-hydrogen) atoms. The Balaban J connectivity index is 2.16. The van der Waals surface area contributed by atoms with Gasteiger partial charge in [-0.05, 0) is 36.4 Å². The smallest absolute Gasteiger partial charge is 0.198 e. The monoisotopic (exact) mass is 241 g/mol. The number of aromatic hydroxyl groups is 1. The maximum atomic E-state index is 9.26. The molecule has 0 spiro atoms. The molecule has 0 aliphatic rings. The van der Waals surface area contributed by atoms with Crippen LogP contribution in [0.1, 0.15) is 0 Å². The number of methoxy groups -OCH3 is 1. The van der Waals surface area contributed by atoms with Crippen molar-refractivity contribution in [1.29, 1.82) is 0 Å². The molecule has 0 aliphatic carbocycles. The van der Waals surface area contributed by atoms with Gasteiger partial charge in [0.05, 0.1) is 7.11 Å². The fourth-order valence-corrected chi connectivity index (χ4v) is 1.77. The summed E-state index contributed by atoms with van der Waals surface area (Å²) in [6.45, 7) is 0. The number of ether oxygens (including phenoxy) is 1. The van der Waals surface area contributed by atoms with Crippen molar-refractivity contribution in [2.75, 3.05) is 7.11 Å². The molecule has 0 fully saturated rings. The first-order valence-corrected chi connectivity index (χ1v) is 5.47. The predicted octanol–water partition coefficient (Wildman–Crippen LogP) is 2.11. The lowest BCUT2D eigenvalue weighted by molar-refractivity contribution is 0.416. The SMILES string of the molecule is COc1cccn2nc(-c3ccc(O)cc3)nc12. The van der Waals surface area contributed by atoms with Gasteiger partial charge in [0.1, 0.15) is 5.75 Å². The van der Waals surface area contributed by atoms with E-state index in [1.165, 1.54) is 0 Å². The molecule has 5 nitrogen and oxygen atoms in total. The van der Waals surface area contributed by atoms with E-state index in [2.05, 4.69) is 10.1 Å². The van der Waals surface area contributed by atoms with Crippen molar-refractivity contribution >= 4 is 5.65 Å². The first-order valence-electron chi connectivity index (χ1n) is 5.47. The number of pyridine rings is 1. The Morgan fingerprint density at radius 2 is 1.94 bits per heavy atom. The van der Waals surface area contributed by atoms with Crippen LogP contribution >= 0.6 is 0 Å². The van der Waals surface area contributed by atoms with Gasteiger partial charge in [0.25, 0.3) is 0 Å². The zero-order chi connectivity index (χ0) is 12.5. The van der Waals surface area contributed by atoms with E-state index in [-0.39, 0.29) is 5.75 Å². The van der Waals surface area contributed by atoms with Crippen molar-refractivity contribution in [2.24, 2.45) is 0 Å². The van der Waals surface area contributed by atoms with Gasteiger partial charge in [-0.2, -0.15) is 0 Å². The lowest BCUT2D eigenvalue weighted by Crippen LogP contribution is -1.90. The Bertz CT molecular complexity index is 689. The number of hydrogen-bond donors (Lipinski definition) is 1. The van der Waals surface area contributed by atoms with Crippen molar-refractivity contribution in [3.05, 3.63) is 42.6 Å². The van der Waals surface area contributed by atoms with Gasteiger partial charge in [-0.25, -0.2) is 9.50 Å². The van der Waals surface area contributed by atoms with Crippen LogP contribution in [0.2, 0.25) is 0 Å². The van der Waals surface area contributed by atoms with Crippen LogP contribution in [-0.2, 0) is 0 Å². The molecule has 0 aliphatic heterocycles. The van der Waals surface area contributed by atoms with Crippen molar-refractivity contribution < 1.29 is 9.84 Å². The van der Waals surface area contributed by atoms with Gasteiger partial charge >= 0.3 is 0 Å². The van der Waals surface area contributed by atoms with Crippen LogP contribution in [0.25, 0.3) is 17.0 Å². The summed E-state index contributed by atoms with van der Waals surface area (Å²) >= 11 is 0. The third-order valence-electron chi connectivity index (χ3n) is 2.67. The summed E-state index contributed by atoms with van der Waals surface area (Å²) < 4.78 is 6.90. The largest absolute Gasteiger partial charge is 0.508 e. The second kappa shape index (κ2) is 4.03. The lowest BCUT2D eigenvalue weighted by atomic mass is 10.2. The van der Waals surface area contributed by atoms with Crippen molar-refractivity contribution in [3.63, 3.8) is 0 Å². The molecule has 1 aromatic carbocycles. The molecule has 0 unspecified atom stereocenters. The molecule has 1 N–H and O–H groups in total. The Labute approximate surface area is 103 Å². The van der Waals surface area contributed by atoms with E-state index in [4.69, 9.17) is 4.74 Å². The molecule has 3 aromatic rings. The van der Waals surface area contributed by atoms with Gasteiger partial charge in [-0.1, -0.05) is 0 Å². The average Bonchev–Trinajstić information content (AvgIpc) is 2.83. The van der Waals surface area contributed by atoms with E-state index in [1.54, 1.807) is 35.9 Å². The maximum Gasteiger partial charge on any atom is 0.198 e. The van der Waals surface area contributed by atoms with Crippen LogP contribution in [0.15, 0.2) is 42.6 Å². The summed E-state index contributed by atoms with van der Waals surface area (Å²) in [5.41, 5.74) is 1.52. The number of benzene rings is 1. The zero-order valence-corrected chi connectivity index (χ0v) is 9.74. The molecule has 0 amide bonds. The highest BCUT2D eigenvalue weighted by Gasteiger charge is 2.09. The number of hydrogen-bond acceptors (Lipinski definition) is 4. The third-order valence-corrected chi connectivity index (χ3v) is 2.67. The van der Waals surface area contributed by atoms with Crippen molar-refractivity contribution in [2.45, 2.75) is 0 Å². The van der Waals surface area contributed by atoms with E-state index < -0.39 is 0 Å². The van der Waals surface area contributed by atoms with E-state index in [0.717, 1.165) is 5.56 Å². The second-order valence-electron chi connectivity index (χ2n) is 3.83. The summed E-state index contributed by atoms with van der Waals surface area (Å²) in [4.78, 5) is 4.43. The van der Waals surface area contributed by atoms with E-state index in [1.807, 2.05) is 18.3 Å². The molecule has 0 radical (unpaired) electrons. The average molecular weight is 241 g/mol. The molecule has 5 heteroatoms. The van der Waals surface area contributed by atoms with Crippen LogP contribution in [0.3, 0.4) is 0 Å². The summed E-state index contributed by atoms with van der Waals surface area (Å²) in [5.74, 6) is 1.50. The van der Waals surface area contributed by atoms with Crippen LogP contribution in [0.5, 0.6) is 11.5 Å². The number of phenols is 1. The minimum Gasteiger partial charge on any atom is -0.508 e. The van der Waals surface area contributed by atoms with Crippen LogP contribution in [-0.4, -0.2) is 26.8 Å². The molecular formula is C13H11N3O2. The zero-order valence-electron chi connectivity index (χ0n) is 9.74. The summed E-state index contributed by atoms with van der Waals surface area (Å²) in [7, 11) is 1.60. The summed E-state index contributed by atoms with van der Waals surface area (Å²) in [5, 5.41) is 13.6. The molecule has 3 rings (SSSR count). The highest BCUT2D eigenvalue weighted by atomic mass is 16.5. The van der Waals surface area contributed by atoms with Crippen LogP contribution < -0.4 is 4.74 Å². The Morgan fingerprint density at radius 1 is 1.17 bits per heavy atom. The predicted molar refractivity (Wildman–Crippen MR) is 66.6 cm³/mol. The number of phenolic OH excluding ortho intramolecular Hbond substituents is 1. The van der Waals surface area contributed by atoms with Gasteiger partial charge in [0, 0.05) is 11.8 Å². The highest BCUT2D eigenvalue weighted by molar-refractivity contribution is 5.62. The van der Waals surface area contributed by atoms with Gasteiger partial charge in [-0.15, -0.1) is 5.10 Å². The van der Waals surface area contributed by atoms with E-state index >= 15 is 0 Å². The van der Waals surface area contributed by atoms with Crippen LogP contribution in [0, 0.1) is 0 Å². The summed E-state index contributed by atoms with van der Waals surface area (Å²) in [6.07, 6.45) is 1.81. The highest BCUT2D eigenvalue weighted by Crippen LogP contribution is 2.23.